The first-order valence-electron chi connectivity index (χ1n) is 6.33. The summed E-state index contributed by atoms with van der Waals surface area (Å²) in [6, 6.07) is 5.99. The first-order chi connectivity index (χ1) is 8.75. The zero-order valence-electron chi connectivity index (χ0n) is 12.4. The fourth-order valence-electron chi connectivity index (χ4n) is 2.29. The van der Waals surface area contributed by atoms with Crippen molar-refractivity contribution in [2.75, 3.05) is 25.6 Å². The van der Waals surface area contributed by atoms with Gasteiger partial charge in [0.25, 0.3) is 0 Å². The van der Waals surface area contributed by atoms with Crippen LogP contribution in [0, 0.1) is 12.3 Å². The molecular weight excluding hydrogens is 242 g/mol. The van der Waals surface area contributed by atoms with Gasteiger partial charge in [-0.05, 0) is 30.0 Å². The predicted molar refractivity (Wildman–Crippen MR) is 77.0 cm³/mol. The molecule has 0 amide bonds. The summed E-state index contributed by atoms with van der Waals surface area (Å²) in [6.07, 6.45) is 0.144. The van der Waals surface area contributed by atoms with E-state index in [4.69, 9.17) is 9.84 Å². The number of aliphatic carboxylic acids is 1. The minimum atomic E-state index is -0.769. The molecule has 4 heteroatoms. The molecule has 0 aliphatic rings. The first-order valence-corrected chi connectivity index (χ1v) is 6.33. The van der Waals surface area contributed by atoms with Gasteiger partial charge in [0.2, 0.25) is 0 Å². The molecule has 0 bridgehead atoms. The Balaban J connectivity index is 2.91. The van der Waals surface area contributed by atoms with Crippen molar-refractivity contribution in [3.8, 4) is 5.75 Å². The lowest BCUT2D eigenvalue weighted by Crippen LogP contribution is -2.33. The summed E-state index contributed by atoms with van der Waals surface area (Å²) in [5.74, 6) is 0.0360. The number of carboxylic acid groups (broad SMARTS) is 1. The molecule has 0 unspecified atom stereocenters. The third-order valence-electron chi connectivity index (χ3n) is 3.04. The van der Waals surface area contributed by atoms with Gasteiger partial charge < -0.3 is 14.7 Å². The van der Waals surface area contributed by atoms with Crippen LogP contribution in [0.1, 0.15) is 25.8 Å². The van der Waals surface area contributed by atoms with E-state index in [2.05, 4.69) is 11.0 Å². The van der Waals surface area contributed by atoms with Crippen molar-refractivity contribution in [1.29, 1.82) is 0 Å². The Morgan fingerprint density at radius 2 is 2.05 bits per heavy atom. The number of aryl methyl sites for hydroxylation is 1. The smallest absolute Gasteiger partial charge is 0.303 e. The molecule has 4 nitrogen and oxygen atoms in total. The van der Waals surface area contributed by atoms with Gasteiger partial charge in [-0.15, -0.1) is 0 Å². The molecule has 0 atom stereocenters. The van der Waals surface area contributed by atoms with Crippen LogP contribution in [-0.4, -0.2) is 31.8 Å². The number of carboxylic acids is 1. The second-order valence-electron chi connectivity index (χ2n) is 5.77. The van der Waals surface area contributed by atoms with Gasteiger partial charge in [-0.25, -0.2) is 0 Å². The molecular formula is C15H23NO3. The van der Waals surface area contributed by atoms with Crippen molar-refractivity contribution in [3.63, 3.8) is 0 Å². The minimum Gasteiger partial charge on any atom is -0.495 e. The fourth-order valence-corrected chi connectivity index (χ4v) is 2.29. The zero-order chi connectivity index (χ0) is 14.6. The van der Waals surface area contributed by atoms with Crippen molar-refractivity contribution < 1.29 is 14.6 Å². The van der Waals surface area contributed by atoms with E-state index in [1.54, 1.807) is 7.11 Å². The maximum atomic E-state index is 10.9. The summed E-state index contributed by atoms with van der Waals surface area (Å²) < 4.78 is 5.36. The monoisotopic (exact) mass is 265 g/mol. The number of nitrogens with zero attached hydrogens (tertiary/aromatic N) is 1. The summed E-state index contributed by atoms with van der Waals surface area (Å²) >= 11 is 0. The lowest BCUT2D eigenvalue weighted by molar-refractivity contribution is -0.139. The number of methoxy groups -OCH3 is 1. The molecule has 1 aromatic rings. The molecule has 0 saturated carbocycles. The zero-order valence-corrected chi connectivity index (χ0v) is 12.4. The van der Waals surface area contributed by atoms with E-state index in [1.807, 2.05) is 40.0 Å². The van der Waals surface area contributed by atoms with Gasteiger partial charge in [0.1, 0.15) is 5.75 Å². The number of rotatable bonds is 6. The lowest BCUT2D eigenvalue weighted by atomic mass is 9.88. The largest absolute Gasteiger partial charge is 0.495 e. The highest BCUT2D eigenvalue weighted by Crippen LogP contribution is 2.31. The average Bonchev–Trinajstić information content (AvgIpc) is 2.26. The van der Waals surface area contributed by atoms with E-state index in [9.17, 15) is 4.79 Å². The van der Waals surface area contributed by atoms with E-state index in [0.717, 1.165) is 17.0 Å². The van der Waals surface area contributed by atoms with Gasteiger partial charge in [0, 0.05) is 13.6 Å². The summed E-state index contributed by atoms with van der Waals surface area (Å²) in [5, 5.41) is 8.93. The van der Waals surface area contributed by atoms with E-state index in [-0.39, 0.29) is 11.8 Å². The van der Waals surface area contributed by atoms with Crippen LogP contribution in [0.4, 0.5) is 5.69 Å². The number of hydrogen-bond acceptors (Lipinski definition) is 3. The lowest BCUT2D eigenvalue weighted by Gasteiger charge is -2.31. The molecule has 0 heterocycles. The van der Waals surface area contributed by atoms with Crippen LogP contribution in [0.15, 0.2) is 18.2 Å². The van der Waals surface area contributed by atoms with Gasteiger partial charge in [-0.1, -0.05) is 19.9 Å². The molecule has 0 saturated heterocycles. The van der Waals surface area contributed by atoms with Crippen molar-refractivity contribution in [2.24, 2.45) is 5.41 Å². The average molecular weight is 265 g/mol. The van der Waals surface area contributed by atoms with Crippen molar-refractivity contribution in [1.82, 2.24) is 0 Å². The van der Waals surface area contributed by atoms with Gasteiger partial charge >= 0.3 is 5.97 Å². The quantitative estimate of drug-likeness (QED) is 0.859. The Morgan fingerprint density at radius 3 is 2.58 bits per heavy atom. The number of benzene rings is 1. The van der Waals surface area contributed by atoms with Gasteiger partial charge in [0.05, 0.1) is 19.2 Å². The number of anilines is 1. The second-order valence-corrected chi connectivity index (χ2v) is 5.77. The Bertz CT molecular complexity index is 455. The highest BCUT2D eigenvalue weighted by Gasteiger charge is 2.24. The van der Waals surface area contributed by atoms with E-state index in [1.165, 1.54) is 0 Å². The summed E-state index contributed by atoms with van der Waals surface area (Å²) in [4.78, 5) is 12.9. The van der Waals surface area contributed by atoms with Crippen molar-refractivity contribution in [2.45, 2.75) is 27.2 Å². The number of hydrogen-bond donors (Lipinski definition) is 1. The molecule has 0 fully saturated rings. The van der Waals surface area contributed by atoms with Crippen LogP contribution < -0.4 is 9.64 Å². The molecule has 0 spiro atoms. The Labute approximate surface area is 115 Å². The Morgan fingerprint density at radius 1 is 1.42 bits per heavy atom. The topological polar surface area (TPSA) is 49.8 Å². The van der Waals surface area contributed by atoms with Crippen LogP contribution in [0.5, 0.6) is 5.75 Å². The first kappa shape index (κ1) is 15.3. The van der Waals surface area contributed by atoms with Crippen molar-refractivity contribution >= 4 is 11.7 Å². The molecule has 106 valence electrons. The van der Waals surface area contributed by atoms with Crippen LogP contribution in [-0.2, 0) is 4.79 Å². The second kappa shape index (κ2) is 5.95. The molecule has 1 rings (SSSR count). The fraction of sp³-hybridized carbons (Fsp3) is 0.533. The maximum Gasteiger partial charge on any atom is 0.303 e. The standard InChI is InChI=1S/C15H23NO3/c1-11-6-7-13(19-5)12(8-11)16(4)10-15(2,3)9-14(17)18/h6-8H,9-10H2,1-5H3,(H,17,18). The maximum absolute atomic E-state index is 10.9. The summed E-state index contributed by atoms with van der Waals surface area (Å²) in [6.45, 7) is 6.60. The number of carbonyl (C=O) groups is 1. The molecule has 19 heavy (non-hydrogen) atoms. The van der Waals surface area contributed by atoms with Gasteiger partial charge in [-0.3, -0.25) is 4.79 Å². The highest BCUT2D eigenvalue weighted by molar-refractivity contribution is 5.68. The minimum absolute atomic E-state index is 0.144. The predicted octanol–water partition coefficient (Wildman–Crippen LogP) is 2.94. The normalized spacial score (nSPS) is 11.2. The van der Waals surface area contributed by atoms with E-state index in [0.29, 0.717) is 6.54 Å². The highest BCUT2D eigenvalue weighted by atomic mass is 16.5. The van der Waals surface area contributed by atoms with E-state index >= 15 is 0 Å². The molecule has 0 aromatic heterocycles. The molecule has 1 N–H and O–H groups in total. The van der Waals surface area contributed by atoms with Crippen LogP contribution in [0.3, 0.4) is 0 Å². The Hall–Kier alpha value is -1.71. The SMILES string of the molecule is COc1ccc(C)cc1N(C)CC(C)(C)CC(=O)O. The van der Waals surface area contributed by atoms with Crippen LogP contribution >= 0.6 is 0 Å². The third kappa shape index (κ3) is 4.47. The summed E-state index contributed by atoms with van der Waals surface area (Å²) in [5.41, 5.74) is 1.84. The van der Waals surface area contributed by atoms with Gasteiger partial charge in [0.15, 0.2) is 0 Å². The molecule has 0 aliphatic heterocycles. The van der Waals surface area contributed by atoms with Gasteiger partial charge in [-0.2, -0.15) is 0 Å². The third-order valence-corrected chi connectivity index (χ3v) is 3.04. The van der Waals surface area contributed by atoms with Crippen LogP contribution in [0.2, 0.25) is 0 Å². The number of ether oxygens (including phenoxy) is 1. The molecule has 0 aliphatic carbocycles. The molecule has 0 radical (unpaired) electrons. The summed E-state index contributed by atoms with van der Waals surface area (Å²) in [7, 11) is 3.60. The van der Waals surface area contributed by atoms with Crippen LogP contribution in [0.25, 0.3) is 0 Å². The van der Waals surface area contributed by atoms with E-state index < -0.39 is 5.97 Å². The Kier molecular flexibility index (Phi) is 4.81. The van der Waals surface area contributed by atoms with Crippen molar-refractivity contribution in [3.05, 3.63) is 23.8 Å². The molecule has 1 aromatic carbocycles.